The summed E-state index contributed by atoms with van der Waals surface area (Å²) in [6.45, 7) is 3.72. The second kappa shape index (κ2) is 6.27. The Labute approximate surface area is 124 Å². The number of carbonyl (C=O) groups excluding carboxylic acids is 1. The zero-order valence-corrected chi connectivity index (χ0v) is 13.2. The molecule has 0 aliphatic rings. The lowest BCUT2D eigenvalue weighted by atomic mass is 10.1. The lowest BCUT2D eigenvalue weighted by Gasteiger charge is -2.25. The number of nitrogen functional groups attached to an aromatic ring is 1. The number of anilines is 2. The molecule has 1 rings (SSSR count). The van der Waals surface area contributed by atoms with Gasteiger partial charge in [0.15, 0.2) is 0 Å². The van der Waals surface area contributed by atoms with Crippen molar-refractivity contribution < 1.29 is 17.9 Å². The molecule has 0 amide bonds. The number of pyridine rings is 1. The summed E-state index contributed by atoms with van der Waals surface area (Å²) in [5.74, 6) is -0.167. The molecule has 0 atom stereocenters. The van der Waals surface area contributed by atoms with Gasteiger partial charge in [-0.3, -0.25) is 0 Å². The lowest BCUT2D eigenvalue weighted by Crippen LogP contribution is -2.47. The SMILES string of the molecule is COC(=O)c1cc(NCC(C)(C)NS(C)(=O)=O)ncc1N. The van der Waals surface area contributed by atoms with E-state index in [1.807, 2.05) is 0 Å². The van der Waals surface area contributed by atoms with E-state index in [1.165, 1.54) is 19.4 Å². The van der Waals surface area contributed by atoms with Crippen molar-refractivity contribution in [1.29, 1.82) is 0 Å². The highest BCUT2D eigenvalue weighted by Gasteiger charge is 2.22. The van der Waals surface area contributed by atoms with Crippen LogP contribution in [0.15, 0.2) is 12.3 Å². The average molecular weight is 316 g/mol. The number of methoxy groups -OCH3 is 1. The molecule has 0 spiro atoms. The Bertz CT molecular complexity index is 628. The van der Waals surface area contributed by atoms with E-state index < -0.39 is 21.5 Å². The zero-order valence-electron chi connectivity index (χ0n) is 12.4. The predicted octanol–water partition coefficient (Wildman–Crippen LogP) is 0.190. The number of nitrogens with two attached hydrogens (primary N) is 1. The van der Waals surface area contributed by atoms with Crippen LogP contribution in [0.3, 0.4) is 0 Å². The zero-order chi connectivity index (χ0) is 16.3. The van der Waals surface area contributed by atoms with Crippen LogP contribution in [0.4, 0.5) is 11.5 Å². The van der Waals surface area contributed by atoms with Crippen LogP contribution < -0.4 is 15.8 Å². The summed E-state index contributed by atoms with van der Waals surface area (Å²) < 4.78 is 29.6. The molecule has 0 aliphatic carbocycles. The van der Waals surface area contributed by atoms with E-state index in [1.54, 1.807) is 13.8 Å². The maximum atomic E-state index is 11.5. The van der Waals surface area contributed by atoms with Gasteiger partial charge in [0, 0.05) is 12.1 Å². The Morgan fingerprint density at radius 2 is 2.10 bits per heavy atom. The van der Waals surface area contributed by atoms with Crippen molar-refractivity contribution in [1.82, 2.24) is 9.71 Å². The molecular formula is C12H20N4O4S. The molecule has 0 aliphatic heterocycles. The van der Waals surface area contributed by atoms with Crippen molar-refractivity contribution in [3.63, 3.8) is 0 Å². The predicted molar refractivity (Wildman–Crippen MR) is 80.5 cm³/mol. The third-order valence-corrected chi connectivity index (χ3v) is 3.44. The number of hydrogen-bond donors (Lipinski definition) is 3. The van der Waals surface area contributed by atoms with Gasteiger partial charge in [0.2, 0.25) is 10.0 Å². The van der Waals surface area contributed by atoms with Crippen molar-refractivity contribution in [2.75, 3.05) is 31.0 Å². The normalized spacial score (nSPS) is 12.0. The molecule has 9 heteroatoms. The Balaban J connectivity index is 2.83. The van der Waals surface area contributed by atoms with Crippen LogP contribution in [0.2, 0.25) is 0 Å². The Kier molecular flexibility index (Phi) is 5.13. The minimum atomic E-state index is -3.32. The van der Waals surface area contributed by atoms with Crippen molar-refractivity contribution in [3.05, 3.63) is 17.8 Å². The number of esters is 1. The molecule has 21 heavy (non-hydrogen) atoms. The first-order valence-electron chi connectivity index (χ1n) is 6.11. The molecule has 0 fully saturated rings. The van der Waals surface area contributed by atoms with E-state index in [-0.39, 0.29) is 17.8 Å². The van der Waals surface area contributed by atoms with E-state index in [9.17, 15) is 13.2 Å². The largest absolute Gasteiger partial charge is 0.465 e. The highest BCUT2D eigenvalue weighted by molar-refractivity contribution is 7.88. The van der Waals surface area contributed by atoms with E-state index in [0.29, 0.717) is 5.82 Å². The molecule has 0 saturated heterocycles. The second-order valence-corrected chi connectivity index (χ2v) is 7.01. The third-order valence-electron chi connectivity index (χ3n) is 2.51. The maximum absolute atomic E-state index is 11.5. The van der Waals surface area contributed by atoms with Gasteiger partial charge in [0.25, 0.3) is 0 Å². The Hall–Kier alpha value is -1.87. The smallest absolute Gasteiger partial charge is 0.340 e. The number of sulfonamides is 1. The number of nitrogens with one attached hydrogen (secondary N) is 2. The van der Waals surface area contributed by atoms with Gasteiger partial charge in [0.05, 0.1) is 30.8 Å². The van der Waals surface area contributed by atoms with Gasteiger partial charge in [-0.25, -0.2) is 22.9 Å². The van der Waals surface area contributed by atoms with E-state index in [0.717, 1.165) is 6.26 Å². The van der Waals surface area contributed by atoms with E-state index >= 15 is 0 Å². The van der Waals surface area contributed by atoms with Gasteiger partial charge < -0.3 is 15.8 Å². The van der Waals surface area contributed by atoms with Gasteiger partial charge in [-0.15, -0.1) is 0 Å². The van der Waals surface area contributed by atoms with Crippen LogP contribution in [0.5, 0.6) is 0 Å². The van der Waals surface area contributed by atoms with Crippen LogP contribution in [0.1, 0.15) is 24.2 Å². The molecule has 0 bridgehead atoms. The Morgan fingerprint density at radius 3 is 2.62 bits per heavy atom. The molecule has 8 nitrogen and oxygen atoms in total. The third kappa shape index (κ3) is 5.56. The van der Waals surface area contributed by atoms with Crippen molar-refractivity contribution in [3.8, 4) is 0 Å². The number of aromatic nitrogens is 1. The second-order valence-electron chi connectivity index (χ2n) is 5.26. The van der Waals surface area contributed by atoms with Crippen molar-refractivity contribution >= 4 is 27.5 Å². The summed E-state index contributed by atoms with van der Waals surface area (Å²) in [6, 6.07) is 1.46. The summed E-state index contributed by atoms with van der Waals surface area (Å²) in [7, 11) is -2.06. The summed E-state index contributed by atoms with van der Waals surface area (Å²) in [5.41, 5.74) is 5.34. The van der Waals surface area contributed by atoms with Crippen molar-refractivity contribution in [2.24, 2.45) is 0 Å². The van der Waals surface area contributed by atoms with Gasteiger partial charge in [-0.05, 0) is 19.9 Å². The minimum absolute atomic E-state index is 0.198. The molecule has 0 radical (unpaired) electrons. The number of ether oxygens (including phenoxy) is 1. The summed E-state index contributed by atoms with van der Waals surface area (Å²) in [4.78, 5) is 15.6. The van der Waals surface area contributed by atoms with Gasteiger partial charge in [0.1, 0.15) is 5.82 Å². The minimum Gasteiger partial charge on any atom is -0.465 e. The molecule has 4 N–H and O–H groups in total. The lowest BCUT2D eigenvalue weighted by molar-refractivity contribution is 0.0602. The van der Waals surface area contributed by atoms with Gasteiger partial charge in [-0.1, -0.05) is 0 Å². The molecule has 1 aromatic rings. The maximum Gasteiger partial charge on any atom is 0.340 e. The molecule has 0 unspecified atom stereocenters. The fourth-order valence-electron chi connectivity index (χ4n) is 1.70. The summed E-state index contributed by atoms with van der Waals surface area (Å²) >= 11 is 0. The van der Waals surface area contributed by atoms with Crippen LogP contribution in [0, 0.1) is 0 Å². The highest BCUT2D eigenvalue weighted by Crippen LogP contribution is 2.16. The van der Waals surface area contributed by atoms with Crippen molar-refractivity contribution in [2.45, 2.75) is 19.4 Å². The summed E-state index contributed by atoms with van der Waals surface area (Å²) in [6.07, 6.45) is 2.43. The molecular weight excluding hydrogens is 296 g/mol. The fraction of sp³-hybridized carbons (Fsp3) is 0.500. The van der Waals surface area contributed by atoms with Crippen LogP contribution in [-0.2, 0) is 14.8 Å². The summed E-state index contributed by atoms with van der Waals surface area (Å²) in [5, 5.41) is 2.95. The van der Waals surface area contributed by atoms with Crippen LogP contribution in [-0.4, -0.2) is 44.8 Å². The van der Waals surface area contributed by atoms with Crippen LogP contribution >= 0.6 is 0 Å². The quantitative estimate of drug-likeness (QED) is 0.640. The van der Waals surface area contributed by atoms with E-state index in [2.05, 4.69) is 19.8 Å². The highest BCUT2D eigenvalue weighted by atomic mass is 32.2. The van der Waals surface area contributed by atoms with Crippen LogP contribution in [0.25, 0.3) is 0 Å². The monoisotopic (exact) mass is 316 g/mol. The molecule has 1 heterocycles. The molecule has 118 valence electrons. The number of nitrogens with zero attached hydrogens (tertiary/aromatic N) is 1. The van der Waals surface area contributed by atoms with Gasteiger partial charge >= 0.3 is 5.97 Å². The topological polar surface area (TPSA) is 123 Å². The molecule has 0 saturated carbocycles. The van der Waals surface area contributed by atoms with Gasteiger partial charge in [-0.2, -0.15) is 0 Å². The number of carbonyl (C=O) groups is 1. The number of rotatable bonds is 6. The first-order valence-corrected chi connectivity index (χ1v) is 8.00. The molecule has 0 aromatic carbocycles. The average Bonchev–Trinajstić information content (AvgIpc) is 2.34. The molecule has 1 aromatic heterocycles. The first kappa shape index (κ1) is 17.2. The van der Waals surface area contributed by atoms with E-state index in [4.69, 9.17) is 5.73 Å². The fourth-order valence-corrected chi connectivity index (χ4v) is 2.77. The Morgan fingerprint density at radius 1 is 1.48 bits per heavy atom. The standard InChI is InChI=1S/C12H20N4O4S/c1-12(2,16-21(4,18)19)7-15-10-5-8(11(17)20-3)9(13)6-14-10/h5-6,16H,7,13H2,1-4H3,(H,14,15). The first-order chi connectivity index (χ1) is 9.54. The number of hydrogen-bond acceptors (Lipinski definition) is 7.